The molecule has 0 spiro atoms. The van der Waals surface area contributed by atoms with Crippen molar-refractivity contribution in [2.75, 3.05) is 4.93 Å². The van der Waals surface area contributed by atoms with Crippen LogP contribution < -0.4 is 21.2 Å². The molecule has 1 unspecified atom stereocenters. The molecule has 1 atom stereocenters. The fourth-order valence-corrected chi connectivity index (χ4v) is 3.57. The molecule has 0 nitrogen and oxygen atoms in total. The van der Waals surface area contributed by atoms with Gasteiger partial charge in [-0.1, -0.05) is 0 Å². The first-order valence-corrected chi connectivity index (χ1v) is 9.02. The Bertz CT molecular complexity index is 566. The van der Waals surface area contributed by atoms with Crippen LogP contribution in [0.5, 0.6) is 0 Å². The van der Waals surface area contributed by atoms with Gasteiger partial charge in [-0.25, -0.2) is 0 Å². The molecule has 0 aliphatic carbocycles. The van der Waals surface area contributed by atoms with Gasteiger partial charge in [0.1, 0.15) is 0 Å². The Morgan fingerprint density at radius 3 is 0.893 bits per heavy atom. The summed E-state index contributed by atoms with van der Waals surface area (Å²) in [6, 6.07) is 0. The van der Waals surface area contributed by atoms with Crippen LogP contribution in [0.4, 0.5) is 74.6 Å². The van der Waals surface area contributed by atoms with Crippen molar-refractivity contribution < 1.29 is 95.8 Å². The third-order valence-electron chi connectivity index (χ3n) is 2.87. The Balaban J connectivity index is 8.08. The fraction of sp³-hybridized carbons (Fsp3) is 0.800. The zero-order chi connectivity index (χ0) is 23.4. The van der Waals surface area contributed by atoms with Gasteiger partial charge in [0, 0.05) is 0 Å². The van der Waals surface area contributed by atoms with Gasteiger partial charge in [-0.2, -0.15) is 0 Å². The van der Waals surface area contributed by atoms with Gasteiger partial charge in [0.15, 0.2) is 0 Å². The van der Waals surface area contributed by atoms with Crippen molar-refractivity contribution in [2.45, 2.75) is 40.2 Å². The van der Waals surface area contributed by atoms with Gasteiger partial charge < -0.3 is 0 Å². The van der Waals surface area contributed by atoms with Crippen LogP contribution in [0.25, 0.3) is 0 Å². The van der Waals surface area contributed by atoms with Gasteiger partial charge in [0.2, 0.25) is 0 Å². The second kappa shape index (κ2) is 7.21. The molecule has 0 rings (SSSR count). The molecule has 0 saturated heterocycles. The summed E-state index contributed by atoms with van der Waals surface area (Å²) in [5, 5.41) is 0. The monoisotopic (exact) mass is 573 g/mol. The van der Waals surface area contributed by atoms with Gasteiger partial charge in [0.05, 0.1) is 0 Å². The molecule has 0 bridgehead atoms. The van der Waals surface area contributed by atoms with E-state index in [4.69, 9.17) is 0 Å². The molecule has 0 saturated carbocycles. The van der Waals surface area contributed by atoms with Crippen molar-refractivity contribution >= 4 is 0 Å². The number of hydrogen-bond acceptors (Lipinski definition) is 0. The molecule has 170 valence electrons. The summed E-state index contributed by atoms with van der Waals surface area (Å²) in [6.07, 6.45) is -37.9. The standard InChI is InChI=1S/C10H3F17I/c1-28-5(12,10(25,26)27)2(3(6(13,14)15)7(16,17)18)4(11,8(19,20)21)9(22,23)24/h1H3/q-1. The van der Waals surface area contributed by atoms with E-state index >= 15 is 0 Å². The van der Waals surface area contributed by atoms with E-state index in [-0.39, 0.29) is 4.93 Å². The van der Waals surface area contributed by atoms with E-state index < -0.39 is 72.6 Å². The van der Waals surface area contributed by atoms with Gasteiger partial charge >= 0.3 is 152 Å². The van der Waals surface area contributed by atoms with Gasteiger partial charge in [-0.3, -0.25) is 0 Å². The molecular weight excluding hydrogens is 570 g/mol. The van der Waals surface area contributed by atoms with E-state index in [9.17, 15) is 74.6 Å². The van der Waals surface area contributed by atoms with Gasteiger partial charge in [-0.15, -0.1) is 0 Å². The van der Waals surface area contributed by atoms with Crippen LogP contribution in [-0.4, -0.2) is 45.2 Å². The van der Waals surface area contributed by atoms with Crippen molar-refractivity contribution in [3.05, 3.63) is 11.1 Å². The normalized spacial score (nSPS) is 17.5. The predicted octanol–water partition coefficient (Wildman–Crippen LogP) is 3.19. The first-order valence-electron chi connectivity index (χ1n) is 5.78. The number of rotatable bonds is 3. The zero-order valence-corrected chi connectivity index (χ0v) is 14.5. The molecule has 0 radical (unpaired) electrons. The molecular formula is C10H3F17I-. The molecule has 0 aromatic heterocycles. The maximum absolute atomic E-state index is 14.2. The number of hydrogen-bond donors (Lipinski definition) is 0. The number of halogens is 18. The van der Waals surface area contributed by atoms with E-state index in [0.717, 1.165) is 0 Å². The summed E-state index contributed by atoms with van der Waals surface area (Å²) in [4.78, 5) is -0.218. The Labute approximate surface area is 153 Å². The van der Waals surface area contributed by atoms with E-state index in [0.29, 0.717) is 0 Å². The van der Waals surface area contributed by atoms with Gasteiger partial charge in [-0.05, 0) is 0 Å². The molecule has 18 heteroatoms. The summed E-state index contributed by atoms with van der Waals surface area (Å²) in [5.74, 6) is 0. The molecule has 0 aliphatic rings. The van der Waals surface area contributed by atoms with E-state index in [1.54, 1.807) is 0 Å². The average molecular weight is 573 g/mol. The predicted molar refractivity (Wildman–Crippen MR) is 50.9 cm³/mol. The van der Waals surface area contributed by atoms with Crippen LogP contribution in [-0.2, 0) is 0 Å². The van der Waals surface area contributed by atoms with Gasteiger partial charge in [0.25, 0.3) is 0 Å². The third-order valence-corrected chi connectivity index (χ3v) is 5.51. The summed E-state index contributed by atoms with van der Waals surface area (Å²) < 4.78 is 212. The van der Waals surface area contributed by atoms with Crippen molar-refractivity contribution in [2.24, 2.45) is 0 Å². The van der Waals surface area contributed by atoms with Crippen LogP contribution in [0.2, 0.25) is 0 Å². The summed E-state index contributed by atoms with van der Waals surface area (Å²) in [6.45, 7) is 0. The molecule has 0 N–H and O–H groups in total. The van der Waals surface area contributed by atoms with E-state index in [1.165, 1.54) is 0 Å². The Hall–Kier alpha value is -0.720. The van der Waals surface area contributed by atoms with Crippen molar-refractivity contribution in [3.63, 3.8) is 0 Å². The third kappa shape index (κ3) is 4.54. The molecule has 0 aliphatic heterocycles. The molecule has 0 fully saturated rings. The van der Waals surface area contributed by atoms with Crippen molar-refractivity contribution in [1.82, 2.24) is 0 Å². The Kier molecular flexibility index (Phi) is 7.02. The first kappa shape index (κ1) is 27.3. The van der Waals surface area contributed by atoms with Crippen LogP contribution in [0.1, 0.15) is 0 Å². The molecule has 28 heavy (non-hydrogen) atoms. The average Bonchev–Trinajstić information content (AvgIpc) is 2.36. The SMILES string of the molecule is C[I-]C(F)(C(=C(C(F)(F)F)C(F)(F)F)C(F)(C(F)(F)F)C(F)(F)F)C(F)(F)F. The molecule has 0 aromatic rings. The van der Waals surface area contributed by atoms with E-state index in [2.05, 4.69) is 0 Å². The van der Waals surface area contributed by atoms with Crippen molar-refractivity contribution in [3.8, 4) is 0 Å². The number of allylic oxidation sites excluding steroid dienone is 2. The molecule has 0 heterocycles. The Morgan fingerprint density at radius 1 is 0.464 bits per heavy atom. The van der Waals surface area contributed by atoms with Crippen LogP contribution >= 0.6 is 0 Å². The quantitative estimate of drug-likeness (QED) is 0.211. The zero-order valence-electron chi connectivity index (χ0n) is 12.3. The second-order valence-electron chi connectivity index (χ2n) is 4.66. The minimum absolute atomic E-state index is 0.218. The Morgan fingerprint density at radius 2 is 0.750 bits per heavy atom. The van der Waals surface area contributed by atoms with Crippen LogP contribution in [0, 0.1) is 0 Å². The van der Waals surface area contributed by atoms with E-state index in [1.807, 2.05) is 0 Å². The maximum atomic E-state index is 14.2. The van der Waals surface area contributed by atoms with Crippen LogP contribution in [0.15, 0.2) is 11.1 Å². The van der Waals surface area contributed by atoms with Crippen molar-refractivity contribution in [1.29, 1.82) is 0 Å². The second-order valence-corrected chi connectivity index (χ2v) is 7.23. The minimum atomic E-state index is -7.96. The summed E-state index contributed by atoms with van der Waals surface area (Å²) >= 11 is -4.05. The topological polar surface area (TPSA) is 0 Å². The fourth-order valence-electron chi connectivity index (χ4n) is 1.78. The molecule has 0 amide bonds. The summed E-state index contributed by atoms with van der Waals surface area (Å²) in [5.41, 5.74) is -18.4. The van der Waals surface area contributed by atoms with Crippen LogP contribution in [0.3, 0.4) is 0 Å². The molecule has 0 aromatic carbocycles. The number of alkyl halides is 19. The summed E-state index contributed by atoms with van der Waals surface area (Å²) in [7, 11) is 0. The first-order chi connectivity index (χ1) is 11.8.